The van der Waals surface area contributed by atoms with E-state index in [0.29, 0.717) is 25.5 Å². The maximum absolute atomic E-state index is 11.8. The Labute approximate surface area is 136 Å². The van der Waals surface area contributed by atoms with Crippen LogP contribution in [0.4, 0.5) is 0 Å². The van der Waals surface area contributed by atoms with Gasteiger partial charge in [-0.1, -0.05) is 25.5 Å². The molecule has 1 N–H and O–H groups in total. The zero-order valence-electron chi connectivity index (χ0n) is 13.6. The summed E-state index contributed by atoms with van der Waals surface area (Å²) in [4.78, 5) is 11.8. The molecule has 0 aliphatic rings. The van der Waals surface area contributed by atoms with Crippen LogP contribution in [0.5, 0.6) is 5.75 Å². The second-order valence-corrected chi connectivity index (χ2v) is 5.20. The molecule has 0 atom stereocenters. The van der Waals surface area contributed by atoms with Crippen LogP contribution in [0.1, 0.15) is 35.2 Å². The Hall–Kier alpha value is -2.27. The van der Waals surface area contributed by atoms with Crippen molar-refractivity contribution in [3.8, 4) is 5.75 Å². The number of hydrogen-bond donors (Lipinski definition) is 1. The molecule has 0 spiro atoms. The van der Waals surface area contributed by atoms with E-state index >= 15 is 0 Å². The summed E-state index contributed by atoms with van der Waals surface area (Å²) in [5, 5.41) is 2.71. The van der Waals surface area contributed by atoms with Gasteiger partial charge in [-0.2, -0.15) is 0 Å². The third-order valence-electron chi connectivity index (χ3n) is 3.32. The molecule has 124 valence electrons. The van der Waals surface area contributed by atoms with Crippen molar-refractivity contribution >= 4 is 5.91 Å². The highest BCUT2D eigenvalue weighted by molar-refractivity contribution is 5.91. The van der Waals surface area contributed by atoms with E-state index in [0.717, 1.165) is 18.6 Å². The molecule has 1 amide bonds. The number of nitrogens with one attached hydrogen (secondary N) is 1. The van der Waals surface area contributed by atoms with Crippen LogP contribution in [0.2, 0.25) is 0 Å². The molecule has 0 fully saturated rings. The summed E-state index contributed by atoms with van der Waals surface area (Å²) in [6, 6.07) is 11.4. The summed E-state index contributed by atoms with van der Waals surface area (Å²) in [6.07, 6.45) is 2.20. The molecule has 0 aliphatic heterocycles. The SMILES string of the molecule is CCCc1ccc(OCc2ccc(C(=O)NCCOC)o2)cc1. The lowest BCUT2D eigenvalue weighted by molar-refractivity contribution is 0.0905. The molecule has 1 aromatic carbocycles. The minimum Gasteiger partial charge on any atom is -0.486 e. The summed E-state index contributed by atoms with van der Waals surface area (Å²) in [5.74, 6) is 1.42. The molecule has 0 aliphatic carbocycles. The van der Waals surface area contributed by atoms with Crippen molar-refractivity contribution in [3.63, 3.8) is 0 Å². The molecule has 5 heteroatoms. The van der Waals surface area contributed by atoms with Gasteiger partial charge in [0, 0.05) is 13.7 Å². The monoisotopic (exact) mass is 317 g/mol. The summed E-state index contributed by atoms with van der Waals surface area (Å²) >= 11 is 0. The van der Waals surface area contributed by atoms with Gasteiger partial charge in [0.25, 0.3) is 5.91 Å². The van der Waals surface area contributed by atoms with Gasteiger partial charge in [-0.05, 0) is 36.2 Å². The van der Waals surface area contributed by atoms with Crippen LogP contribution in [-0.4, -0.2) is 26.2 Å². The first kappa shape index (κ1) is 17.1. The van der Waals surface area contributed by atoms with E-state index in [-0.39, 0.29) is 11.7 Å². The maximum Gasteiger partial charge on any atom is 0.287 e. The summed E-state index contributed by atoms with van der Waals surface area (Å²) in [7, 11) is 1.59. The molecule has 0 bridgehead atoms. The smallest absolute Gasteiger partial charge is 0.287 e. The Balaban J connectivity index is 1.83. The number of aryl methyl sites for hydroxylation is 1. The zero-order chi connectivity index (χ0) is 16.5. The average Bonchev–Trinajstić information content (AvgIpc) is 3.04. The lowest BCUT2D eigenvalue weighted by Gasteiger charge is -2.05. The topological polar surface area (TPSA) is 60.7 Å². The predicted octanol–water partition coefficient (Wildman–Crippen LogP) is 3.19. The summed E-state index contributed by atoms with van der Waals surface area (Å²) in [6.45, 7) is 3.37. The van der Waals surface area contributed by atoms with E-state index in [9.17, 15) is 4.79 Å². The van der Waals surface area contributed by atoms with Gasteiger partial charge in [-0.3, -0.25) is 4.79 Å². The Morgan fingerprint density at radius 1 is 1.17 bits per heavy atom. The van der Waals surface area contributed by atoms with E-state index in [2.05, 4.69) is 24.4 Å². The van der Waals surface area contributed by atoms with Gasteiger partial charge in [0.1, 0.15) is 18.1 Å². The first-order valence-corrected chi connectivity index (χ1v) is 7.80. The standard InChI is InChI=1S/C18H23NO4/c1-3-4-14-5-7-15(8-6-14)22-13-16-9-10-17(23-16)18(20)19-11-12-21-2/h5-10H,3-4,11-13H2,1-2H3,(H,19,20). The van der Waals surface area contributed by atoms with Crippen molar-refractivity contribution in [3.05, 3.63) is 53.5 Å². The number of rotatable bonds is 9. The molecule has 23 heavy (non-hydrogen) atoms. The third-order valence-corrected chi connectivity index (χ3v) is 3.32. The van der Waals surface area contributed by atoms with E-state index in [1.54, 1.807) is 19.2 Å². The molecular weight excluding hydrogens is 294 g/mol. The number of hydrogen-bond acceptors (Lipinski definition) is 4. The molecule has 1 aromatic heterocycles. The van der Waals surface area contributed by atoms with Gasteiger partial charge in [-0.15, -0.1) is 0 Å². The van der Waals surface area contributed by atoms with Crippen LogP contribution < -0.4 is 10.1 Å². The number of carbonyl (C=O) groups is 1. The number of amides is 1. The van der Waals surface area contributed by atoms with E-state index in [4.69, 9.17) is 13.9 Å². The van der Waals surface area contributed by atoms with Crippen LogP contribution in [0.15, 0.2) is 40.8 Å². The van der Waals surface area contributed by atoms with Crippen LogP contribution in [-0.2, 0) is 17.8 Å². The van der Waals surface area contributed by atoms with Crippen molar-refractivity contribution in [2.24, 2.45) is 0 Å². The van der Waals surface area contributed by atoms with Crippen LogP contribution in [0, 0.1) is 0 Å². The molecule has 5 nitrogen and oxygen atoms in total. The second kappa shape index (κ2) is 9.00. The second-order valence-electron chi connectivity index (χ2n) is 5.20. The lowest BCUT2D eigenvalue weighted by Crippen LogP contribution is -2.26. The number of benzene rings is 1. The predicted molar refractivity (Wildman–Crippen MR) is 87.7 cm³/mol. The largest absolute Gasteiger partial charge is 0.486 e. The van der Waals surface area contributed by atoms with Gasteiger partial charge >= 0.3 is 0 Å². The van der Waals surface area contributed by atoms with Gasteiger partial charge in [-0.25, -0.2) is 0 Å². The number of carbonyl (C=O) groups excluding carboxylic acids is 1. The van der Waals surface area contributed by atoms with Crippen molar-refractivity contribution in [2.75, 3.05) is 20.3 Å². The number of furan rings is 1. The third kappa shape index (κ3) is 5.45. The molecule has 2 aromatic rings. The van der Waals surface area contributed by atoms with E-state index in [1.165, 1.54) is 5.56 Å². The van der Waals surface area contributed by atoms with Crippen molar-refractivity contribution in [1.29, 1.82) is 0 Å². The van der Waals surface area contributed by atoms with E-state index in [1.807, 2.05) is 12.1 Å². The quantitative estimate of drug-likeness (QED) is 0.722. The average molecular weight is 317 g/mol. The minimum absolute atomic E-state index is 0.253. The highest BCUT2D eigenvalue weighted by Crippen LogP contribution is 2.16. The molecule has 0 saturated carbocycles. The Morgan fingerprint density at radius 2 is 1.96 bits per heavy atom. The molecule has 0 unspecified atom stereocenters. The number of methoxy groups -OCH3 is 1. The highest BCUT2D eigenvalue weighted by atomic mass is 16.5. The van der Waals surface area contributed by atoms with Gasteiger partial charge in [0.2, 0.25) is 0 Å². The van der Waals surface area contributed by atoms with Crippen molar-refractivity contribution in [2.45, 2.75) is 26.4 Å². The Bertz CT molecular complexity index is 604. The Kier molecular flexibility index (Phi) is 6.69. The van der Waals surface area contributed by atoms with Crippen LogP contribution >= 0.6 is 0 Å². The maximum atomic E-state index is 11.8. The normalized spacial score (nSPS) is 10.5. The number of ether oxygens (including phenoxy) is 2. The first-order chi connectivity index (χ1) is 11.2. The fourth-order valence-corrected chi connectivity index (χ4v) is 2.13. The highest BCUT2D eigenvalue weighted by Gasteiger charge is 2.10. The van der Waals surface area contributed by atoms with E-state index < -0.39 is 0 Å². The van der Waals surface area contributed by atoms with Crippen LogP contribution in [0.3, 0.4) is 0 Å². The molecule has 0 saturated heterocycles. The minimum atomic E-state index is -0.253. The molecular formula is C18H23NO4. The van der Waals surface area contributed by atoms with Crippen molar-refractivity contribution < 1.29 is 18.7 Å². The summed E-state index contributed by atoms with van der Waals surface area (Å²) < 4.78 is 16.0. The zero-order valence-corrected chi connectivity index (χ0v) is 13.6. The fourth-order valence-electron chi connectivity index (χ4n) is 2.13. The molecule has 0 radical (unpaired) electrons. The molecule has 1 heterocycles. The van der Waals surface area contributed by atoms with Crippen LogP contribution in [0.25, 0.3) is 0 Å². The van der Waals surface area contributed by atoms with Gasteiger partial charge < -0.3 is 19.2 Å². The first-order valence-electron chi connectivity index (χ1n) is 7.80. The fraction of sp³-hybridized carbons (Fsp3) is 0.389. The molecule has 2 rings (SSSR count). The summed E-state index contributed by atoms with van der Waals surface area (Å²) in [5.41, 5.74) is 1.30. The lowest BCUT2D eigenvalue weighted by atomic mass is 10.1. The van der Waals surface area contributed by atoms with Gasteiger partial charge in [0.15, 0.2) is 5.76 Å². The van der Waals surface area contributed by atoms with Crippen molar-refractivity contribution in [1.82, 2.24) is 5.32 Å². The Morgan fingerprint density at radius 3 is 2.65 bits per heavy atom. The van der Waals surface area contributed by atoms with Gasteiger partial charge in [0.05, 0.1) is 6.61 Å².